The van der Waals surface area contributed by atoms with E-state index < -0.39 is 35.7 Å². The van der Waals surface area contributed by atoms with E-state index in [1.807, 2.05) is 60.7 Å². The topological polar surface area (TPSA) is 111 Å². The largest absolute Gasteiger partial charge is 0.467 e. The van der Waals surface area contributed by atoms with Gasteiger partial charge in [-0.3, -0.25) is 9.59 Å². The average molecular weight is 483 g/mol. The Morgan fingerprint density at radius 3 is 1.77 bits per heavy atom. The van der Waals surface area contributed by atoms with E-state index in [4.69, 9.17) is 9.47 Å². The molecule has 0 saturated carbocycles. The molecule has 2 N–H and O–H groups in total. The van der Waals surface area contributed by atoms with Crippen molar-refractivity contribution in [2.24, 2.45) is 0 Å². The Labute approximate surface area is 206 Å². The van der Waals surface area contributed by atoms with E-state index in [2.05, 4.69) is 10.6 Å². The van der Waals surface area contributed by atoms with E-state index in [1.54, 1.807) is 20.8 Å². The van der Waals surface area contributed by atoms with Crippen LogP contribution in [0.15, 0.2) is 60.7 Å². The number of Topliss-reactive ketones (excluding diaryl/α,β-unsaturated/α-hetero) is 1. The Bertz CT molecular complexity index is 986. The Morgan fingerprint density at radius 2 is 1.29 bits per heavy atom. The Morgan fingerprint density at radius 1 is 0.771 bits per heavy atom. The van der Waals surface area contributed by atoms with Crippen molar-refractivity contribution in [3.8, 4) is 0 Å². The third kappa shape index (κ3) is 10.4. The SMILES string of the molecule is COC(=O)[C@H](Cc1ccccc1)NC(=O)CCC(=O)[C@H](Cc1ccccc1)NC(=O)OC(C)(C)C. The summed E-state index contributed by atoms with van der Waals surface area (Å²) in [6.45, 7) is 5.20. The van der Waals surface area contributed by atoms with Crippen LogP contribution in [0.3, 0.4) is 0 Å². The molecule has 2 rings (SSSR count). The zero-order valence-electron chi connectivity index (χ0n) is 20.7. The molecule has 8 nitrogen and oxygen atoms in total. The fourth-order valence-corrected chi connectivity index (χ4v) is 3.41. The van der Waals surface area contributed by atoms with Gasteiger partial charge in [-0.05, 0) is 38.3 Å². The predicted molar refractivity (Wildman–Crippen MR) is 132 cm³/mol. The van der Waals surface area contributed by atoms with Crippen molar-refractivity contribution in [2.45, 2.75) is 64.1 Å². The predicted octanol–water partition coefficient (Wildman–Crippen LogP) is 3.37. The number of hydrogen-bond donors (Lipinski definition) is 2. The monoisotopic (exact) mass is 482 g/mol. The lowest BCUT2D eigenvalue weighted by Gasteiger charge is -2.23. The highest BCUT2D eigenvalue weighted by Crippen LogP contribution is 2.11. The molecule has 2 atom stereocenters. The van der Waals surface area contributed by atoms with Crippen LogP contribution >= 0.6 is 0 Å². The smallest absolute Gasteiger partial charge is 0.408 e. The van der Waals surface area contributed by atoms with Gasteiger partial charge in [0, 0.05) is 19.3 Å². The molecule has 2 aromatic carbocycles. The molecular formula is C27H34N2O6. The standard InChI is InChI=1S/C27H34N2O6/c1-27(2,3)35-26(33)29-21(17-19-11-7-5-8-12-19)23(30)15-16-24(31)28-22(25(32)34-4)18-20-13-9-6-10-14-20/h5-14,21-22H,15-18H2,1-4H3,(H,28,31)(H,29,33)/t21-,22-/m0/s1. The number of alkyl carbamates (subject to hydrolysis) is 1. The molecule has 0 aromatic heterocycles. The molecule has 0 radical (unpaired) electrons. The lowest BCUT2D eigenvalue weighted by atomic mass is 9.99. The minimum atomic E-state index is -0.870. The zero-order valence-corrected chi connectivity index (χ0v) is 20.7. The number of ketones is 1. The molecule has 0 saturated heterocycles. The third-order valence-corrected chi connectivity index (χ3v) is 5.06. The second-order valence-corrected chi connectivity index (χ2v) is 9.19. The summed E-state index contributed by atoms with van der Waals surface area (Å²) in [5, 5.41) is 5.28. The van der Waals surface area contributed by atoms with Gasteiger partial charge in [0.1, 0.15) is 11.6 Å². The molecular weight excluding hydrogens is 448 g/mol. The van der Waals surface area contributed by atoms with Crippen LogP contribution in [-0.2, 0) is 36.7 Å². The van der Waals surface area contributed by atoms with Gasteiger partial charge >= 0.3 is 12.1 Å². The first kappa shape index (κ1) is 27.6. The van der Waals surface area contributed by atoms with Crippen molar-refractivity contribution in [3.05, 3.63) is 71.8 Å². The second kappa shape index (κ2) is 13.3. The van der Waals surface area contributed by atoms with Crippen molar-refractivity contribution < 1.29 is 28.7 Å². The van der Waals surface area contributed by atoms with E-state index in [1.165, 1.54) is 7.11 Å². The molecule has 0 spiro atoms. The minimum absolute atomic E-state index is 0.113. The summed E-state index contributed by atoms with van der Waals surface area (Å²) < 4.78 is 10.1. The highest BCUT2D eigenvalue weighted by Gasteiger charge is 2.26. The molecule has 35 heavy (non-hydrogen) atoms. The van der Waals surface area contributed by atoms with E-state index in [0.717, 1.165) is 11.1 Å². The van der Waals surface area contributed by atoms with Crippen LogP contribution in [0.4, 0.5) is 4.79 Å². The molecule has 0 aliphatic heterocycles. The lowest BCUT2D eigenvalue weighted by molar-refractivity contribution is -0.145. The molecule has 0 bridgehead atoms. The van der Waals surface area contributed by atoms with Gasteiger partial charge in [-0.25, -0.2) is 9.59 Å². The molecule has 8 heteroatoms. The quantitative estimate of drug-likeness (QED) is 0.475. The van der Waals surface area contributed by atoms with Gasteiger partial charge in [0.05, 0.1) is 13.2 Å². The highest BCUT2D eigenvalue weighted by molar-refractivity contribution is 5.91. The number of esters is 1. The van der Waals surface area contributed by atoms with Crippen LogP contribution in [0.1, 0.15) is 44.7 Å². The van der Waals surface area contributed by atoms with Crippen molar-refractivity contribution in [3.63, 3.8) is 0 Å². The number of rotatable bonds is 11. The van der Waals surface area contributed by atoms with Crippen LogP contribution in [0.5, 0.6) is 0 Å². The van der Waals surface area contributed by atoms with Gasteiger partial charge in [0.15, 0.2) is 5.78 Å². The lowest BCUT2D eigenvalue weighted by Crippen LogP contribution is -2.46. The highest BCUT2D eigenvalue weighted by atomic mass is 16.6. The summed E-state index contributed by atoms with van der Waals surface area (Å²) in [5.74, 6) is -1.34. The minimum Gasteiger partial charge on any atom is -0.467 e. The molecule has 2 aromatic rings. The van der Waals surface area contributed by atoms with Crippen LogP contribution in [0.25, 0.3) is 0 Å². The number of carbonyl (C=O) groups excluding carboxylic acids is 4. The normalized spacial score (nSPS) is 12.7. The van der Waals surface area contributed by atoms with Crippen molar-refractivity contribution in [2.75, 3.05) is 7.11 Å². The van der Waals surface area contributed by atoms with E-state index in [-0.39, 0.29) is 31.5 Å². The summed E-state index contributed by atoms with van der Waals surface area (Å²) in [6.07, 6.45) is -0.422. The van der Waals surface area contributed by atoms with Gasteiger partial charge in [0.2, 0.25) is 5.91 Å². The average Bonchev–Trinajstić information content (AvgIpc) is 2.81. The van der Waals surface area contributed by atoms with E-state index in [9.17, 15) is 19.2 Å². The summed E-state index contributed by atoms with van der Waals surface area (Å²) in [5.41, 5.74) is 1.01. The summed E-state index contributed by atoms with van der Waals surface area (Å²) in [7, 11) is 1.26. The zero-order chi connectivity index (χ0) is 25.8. The molecule has 0 aliphatic rings. The summed E-state index contributed by atoms with van der Waals surface area (Å²) >= 11 is 0. The molecule has 2 amide bonds. The number of amides is 2. The number of hydrogen-bond acceptors (Lipinski definition) is 6. The van der Waals surface area contributed by atoms with E-state index >= 15 is 0 Å². The number of methoxy groups -OCH3 is 1. The molecule has 188 valence electrons. The maximum atomic E-state index is 13.0. The Hall–Kier alpha value is -3.68. The summed E-state index contributed by atoms with van der Waals surface area (Å²) in [6, 6.07) is 16.8. The molecule has 0 aliphatic carbocycles. The first-order chi connectivity index (χ1) is 16.6. The second-order valence-electron chi connectivity index (χ2n) is 9.19. The van der Waals surface area contributed by atoms with Crippen LogP contribution in [-0.4, -0.2) is 48.5 Å². The Kier molecular flexibility index (Phi) is 10.5. The first-order valence-corrected chi connectivity index (χ1v) is 11.5. The fourth-order valence-electron chi connectivity index (χ4n) is 3.41. The number of carbonyl (C=O) groups is 4. The van der Waals surface area contributed by atoms with Crippen LogP contribution in [0.2, 0.25) is 0 Å². The van der Waals surface area contributed by atoms with Gasteiger partial charge in [-0.1, -0.05) is 60.7 Å². The summed E-state index contributed by atoms with van der Waals surface area (Å²) in [4.78, 5) is 50.0. The van der Waals surface area contributed by atoms with Gasteiger partial charge in [0.25, 0.3) is 0 Å². The maximum Gasteiger partial charge on any atom is 0.408 e. The van der Waals surface area contributed by atoms with Crippen molar-refractivity contribution >= 4 is 23.8 Å². The number of benzene rings is 2. The number of ether oxygens (including phenoxy) is 2. The number of nitrogens with one attached hydrogen (secondary N) is 2. The van der Waals surface area contributed by atoms with Crippen LogP contribution in [0, 0.1) is 0 Å². The molecule has 0 fully saturated rings. The van der Waals surface area contributed by atoms with E-state index in [0.29, 0.717) is 0 Å². The first-order valence-electron chi connectivity index (χ1n) is 11.5. The van der Waals surface area contributed by atoms with Crippen LogP contribution < -0.4 is 10.6 Å². The van der Waals surface area contributed by atoms with Gasteiger partial charge in [-0.2, -0.15) is 0 Å². The van der Waals surface area contributed by atoms with Gasteiger partial charge in [-0.15, -0.1) is 0 Å². The maximum absolute atomic E-state index is 13.0. The fraction of sp³-hybridized carbons (Fsp3) is 0.407. The molecule has 0 heterocycles. The van der Waals surface area contributed by atoms with Crippen molar-refractivity contribution in [1.82, 2.24) is 10.6 Å². The van der Waals surface area contributed by atoms with Gasteiger partial charge < -0.3 is 20.1 Å². The molecule has 0 unspecified atom stereocenters. The van der Waals surface area contributed by atoms with Crippen molar-refractivity contribution in [1.29, 1.82) is 0 Å². The third-order valence-electron chi connectivity index (χ3n) is 5.06. The Balaban J connectivity index is 2.01.